The van der Waals surface area contributed by atoms with E-state index in [9.17, 15) is 13.2 Å². The lowest BCUT2D eigenvalue weighted by Crippen LogP contribution is -2.55. The molecule has 0 aliphatic carbocycles. The van der Waals surface area contributed by atoms with Gasteiger partial charge in [0.2, 0.25) is 10.0 Å². The predicted molar refractivity (Wildman–Crippen MR) is 120 cm³/mol. The molecule has 0 saturated carbocycles. The molecule has 7 nitrogen and oxygen atoms in total. The number of nitrogens with one attached hydrogen (secondary N) is 1. The van der Waals surface area contributed by atoms with Crippen molar-refractivity contribution < 1.29 is 13.2 Å². The largest absolute Gasteiger partial charge is 0.322 e. The average molecular weight is 443 g/mol. The molecule has 2 heterocycles. The van der Waals surface area contributed by atoms with Crippen LogP contribution in [0.4, 0.5) is 4.79 Å². The second-order valence-electron chi connectivity index (χ2n) is 8.29. The van der Waals surface area contributed by atoms with Crippen LogP contribution in [0, 0.1) is 6.92 Å². The molecule has 2 amide bonds. The van der Waals surface area contributed by atoms with Crippen LogP contribution in [0.15, 0.2) is 59.5 Å². The maximum Gasteiger partial charge on any atom is 0.318 e. The van der Waals surface area contributed by atoms with Crippen LogP contribution in [0.25, 0.3) is 0 Å². The molecular formula is C23H30N4O3S. The van der Waals surface area contributed by atoms with Crippen LogP contribution in [0.3, 0.4) is 0 Å². The summed E-state index contributed by atoms with van der Waals surface area (Å²) in [6.07, 6.45) is 0.868. The molecule has 0 aromatic heterocycles. The third-order valence-electron chi connectivity index (χ3n) is 6.03. The standard InChI is InChI=1S/C23H30N4O3S/c1-19-9-11-21(12-10-19)31(29,30)27-13-5-8-22(27)24-23(28)26-16-14-25(15-17-26)18-20-6-3-2-4-7-20/h2-4,6-7,9-12,22H,5,8,13-18H2,1H3,(H,24,28). The van der Waals surface area contributed by atoms with Gasteiger partial charge < -0.3 is 10.2 Å². The third kappa shape index (κ3) is 5.08. The Morgan fingerprint density at radius 2 is 1.65 bits per heavy atom. The molecule has 4 rings (SSSR count). The molecule has 2 aliphatic rings. The first-order valence-electron chi connectivity index (χ1n) is 10.8. The number of nitrogens with zero attached hydrogens (tertiary/aromatic N) is 3. The fraction of sp³-hybridized carbons (Fsp3) is 0.435. The van der Waals surface area contributed by atoms with Crippen LogP contribution in [-0.4, -0.2) is 67.4 Å². The van der Waals surface area contributed by atoms with E-state index >= 15 is 0 Å². The molecule has 2 fully saturated rings. The van der Waals surface area contributed by atoms with Crippen molar-refractivity contribution in [2.24, 2.45) is 0 Å². The summed E-state index contributed by atoms with van der Waals surface area (Å²) >= 11 is 0. The van der Waals surface area contributed by atoms with Gasteiger partial charge in [-0.15, -0.1) is 0 Å². The van der Waals surface area contributed by atoms with E-state index < -0.39 is 16.2 Å². The lowest BCUT2D eigenvalue weighted by atomic mass is 10.2. The zero-order chi connectivity index (χ0) is 21.8. The Hall–Kier alpha value is -2.42. The van der Waals surface area contributed by atoms with Gasteiger partial charge in [0, 0.05) is 39.3 Å². The van der Waals surface area contributed by atoms with Gasteiger partial charge in [0.05, 0.1) is 11.1 Å². The average Bonchev–Trinajstić information content (AvgIpc) is 3.24. The first-order valence-corrected chi connectivity index (χ1v) is 12.3. The predicted octanol–water partition coefficient (Wildman–Crippen LogP) is 2.63. The van der Waals surface area contributed by atoms with Crippen molar-refractivity contribution in [3.8, 4) is 0 Å². The van der Waals surface area contributed by atoms with E-state index in [1.54, 1.807) is 29.2 Å². The minimum absolute atomic E-state index is 0.185. The van der Waals surface area contributed by atoms with Crippen LogP contribution in [0.1, 0.15) is 24.0 Å². The molecule has 31 heavy (non-hydrogen) atoms. The first-order chi connectivity index (χ1) is 14.9. The summed E-state index contributed by atoms with van der Waals surface area (Å²) in [5.74, 6) is 0. The second-order valence-corrected chi connectivity index (χ2v) is 10.2. The fourth-order valence-electron chi connectivity index (χ4n) is 4.20. The Kier molecular flexibility index (Phi) is 6.60. The molecule has 0 bridgehead atoms. The summed E-state index contributed by atoms with van der Waals surface area (Å²) in [5, 5.41) is 2.97. The molecule has 1 N–H and O–H groups in total. The number of aryl methyl sites for hydroxylation is 1. The number of carbonyl (C=O) groups excluding carboxylic acids is 1. The highest BCUT2D eigenvalue weighted by atomic mass is 32.2. The van der Waals surface area contributed by atoms with Gasteiger partial charge in [-0.25, -0.2) is 13.2 Å². The van der Waals surface area contributed by atoms with Crippen molar-refractivity contribution in [2.45, 2.75) is 37.4 Å². The van der Waals surface area contributed by atoms with Crippen molar-refractivity contribution in [1.82, 2.24) is 19.4 Å². The molecule has 2 aliphatic heterocycles. The van der Waals surface area contributed by atoms with Gasteiger partial charge >= 0.3 is 6.03 Å². The second kappa shape index (κ2) is 9.38. The SMILES string of the molecule is Cc1ccc(S(=O)(=O)N2CCCC2NC(=O)N2CCN(Cc3ccccc3)CC2)cc1. The lowest BCUT2D eigenvalue weighted by molar-refractivity contribution is 0.130. The van der Waals surface area contributed by atoms with Crippen molar-refractivity contribution in [3.05, 3.63) is 65.7 Å². The minimum Gasteiger partial charge on any atom is -0.322 e. The minimum atomic E-state index is -3.63. The molecule has 2 aromatic rings. The molecule has 2 saturated heterocycles. The molecule has 0 spiro atoms. The summed E-state index contributed by atoms with van der Waals surface area (Å²) in [4.78, 5) is 17.2. The molecule has 2 aromatic carbocycles. The van der Waals surface area contributed by atoms with Gasteiger partial charge in [0.15, 0.2) is 0 Å². The normalized spacial score (nSPS) is 20.7. The Bertz CT molecular complexity index is 987. The fourth-order valence-corrected chi connectivity index (χ4v) is 5.82. The van der Waals surface area contributed by atoms with Crippen molar-refractivity contribution in [1.29, 1.82) is 0 Å². The maximum atomic E-state index is 13.1. The molecule has 0 radical (unpaired) electrons. The molecule has 1 atom stereocenters. The van der Waals surface area contributed by atoms with Crippen molar-refractivity contribution in [3.63, 3.8) is 0 Å². The number of amides is 2. The molecule has 8 heteroatoms. The van der Waals surface area contributed by atoms with Crippen LogP contribution >= 0.6 is 0 Å². The van der Waals surface area contributed by atoms with Crippen molar-refractivity contribution in [2.75, 3.05) is 32.7 Å². The molecule has 166 valence electrons. The Morgan fingerprint density at radius 3 is 2.32 bits per heavy atom. The van der Waals surface area contributed by atoms with E-state index in [2.05, 4.69) is 22.3 Å². The monoisotopic (exact) mass is 442 g/mol. The summed E-state index contributed by atoms with van der Waals surface area (Å²) in [6, 6.07) is 17.0. The highest BCUT2D eigenvalue weighted by Crippen LogP contribution is 2.25. The Morgan fingerprint density at radius 1 is 0.968 bits per heavy atom. The Labute approximate surface area is 184 Å². The van der Waals surface area contributed by atoms with E-state index in [0.717, 1.165) is 31.6 Å². The quantitative estimate of drug-likeness (QED) is 0.773. The van der Waals surface area contributed by atoms with Crippen LogP contribution in [0.5, 0.6) is 0 Å². The topological polar surface area (TPSA) is 73.0 Å². The summed E-state index contributed by atoms with van der Waals surface area (Å²) < 4.78 is 27.6. The van der Waals surface area contributed by atoms with Crippen LogP contribution in [0.2, 0.25) is 0 Å². The van der Waals surface area contributed by atoms with Crippen molar-refractivity contribution >= 4 is 16.1 Å². The van der Waals surface area contributed by atoms with E-state index in [1.165, 1.54) is 9.87 Å². The summed E-state index contributed by atoms with van der Waals surface area (Å²) in [5.41, 5.74) is 2.28. The maximum absolute atomic E-state index is 13.1. The molecule has 1 unspecified atom stereocenters. The van der Waals surface area contributed by atoms with Gasteiger partial charge in [-0.2, -0.15) is 4.31 Å². The Balaban J connectivity index is 1.33. The smallest absolute Gasteiger partial charge is 0.318 e. The van der Waals surface area contributed by atoms with Crippen LogP contribution < -0.4 is 5.32 Å². The van der Waals surface area contributed by atoms with E-state index in [-0.39, 0.29) is 10.9 Å². The zero-order valence-electron chi connectivity index (χ0n) is 17.9. The van der Waals surface area contributed by atoms with Gasteiger partial charge in [0.25, 0.3) is 0 Å². The highest BCUT2D eigenvalue weighted by molar-refractivity contribution is 7.89. The lowest BCUT2D eigenvalue weighted by Gasteiger charge is -2.36. The third-order valence-corrected chi connectivity index (χ3v) is 7.95. The number of piperazine rings is 1. The first kappa shape index (κ1) is 21.8. The van der Waals surface area contributed by atoms with Crippen LogP contribution in [-0.2, 0) is 16.6 Å². The number of hydrogen-bond acceptors (Lipinski definition) is 4. The number of benzene rings is 2. The number of hydrogen-bond donors (Lipinski definition) is 1. The van der Waals surface area contributed by atoms with Gasteiger partial charge in [-0.1, -0.05) is 48.0 Å². The van der Waals surface area contributed by atoms with E-state index in [4.69, 9.17) is 0 Å². The molecular weight excluding hydrogens is 412 g/mol. The summed E-state index contributed by atoms with van der Waals surface area (Å²) in [6.45, 7) is 6.10. The van der Waals surface area contributed by atoms with Gasteiger partial charge in [-0.3, -0.25) is 4.90 Å². The van der Waals surface area contributed by atoms with E-state index in [1.807, 2.05) is 25.1 Å². The van der Waals surface area contributed by atoms with Gasteiger partial charge in [-0.05, 0) is 37.5 Å². The number of sulfonamides is 1. The summed E-state index contributed by atoms with van der Waals surface area (Å²) in [7, 11) is -3.63. The van der Waals surface area contributed by atoms with E-state index in [0.29, 0.717) is 26.1 Å². The highest BCUT2D eigenvalue weighted by Gasteiger charge is 2.37. The number of urea groups is 1. The number of rotatable bonds is 5. The van der Waals surface area contributed by atoms with Gasteiger partial charge in [0.1, 0.15) is 0 Å². The number of carbonyl (C=O) groups is 1. The zero-order valence-corrected chi connectivity index (χ0v) is 18.7.